The van der Waals surface area contributed by atoms with Gasteiger partial charge in [-0.15, -0.1) is 12.4 Å². The number of benzene rings is 1. The Hall–Kier alpha value is -2.45. The van der Waals surface area contributed by atoms with Crippen LogP contribution in [0.5, 0.6) is 0 Å². The highest BCUT2D eigenvalue weighted by atomic mass is 35.5. The van der Waals surface area contributed by atoms with Gasteiger partial charge in [-0.25, -0.2) is 0 Å². The highest BCUT2D eigenvalue weighted by Gasteiger charge is 2.44. The van der Waals surface area contributed by atoms with Crippen LogP contribution in [0.15, 0.2) is 18.2 Å². The topological polar surface area (TPSA) is 98.8 Å². The van der Waals surface area contributed by atoms with Gasteiger partial charge in [0, 0.05) is 25.2 Å². The average Bonchev–Trinajstić information content (AvgIpc) is 2.93. The Morgan fingerprint density at radius 2 is 1.72 bits per heavy atom. The average molecular weight is 421 g/mol. The zero-order chi connectivity index (χ0) is 19.8. The third-order valence-electron chi connectivity index (χ3n) is 5.90. The van der Waals surface area contributed by atoms with Crippen LogP contribution in [-0.2, 0) is 9.59 Å². The summed E-state index contributed by atoms with van der Waals surface area (Å²) in [6.07, 6.45) is 2.44. The molecule has 2 N–H and O–H groups in total. The summed E-state index contributed by atoms with van der Waals surface area (Å²) in [6, 6.07) is 4.39. The first-order chi connectivity index (χ1) is 13.5. The Balaban J connectivity index is 0.00000240. The fourth-order valence-electron chi connectivity index (χ4n) is 4.34. The Morgan fingerprint density at radius 3 is 2.38 bits per heavy atom. The number of hydrogen-bond acceptors (Lipinski definition) is 6. The van der Waals surface area contributed by atoms with Crippen LogP contribution in [0.4, 0.5) is 5.69 Å². The molecule has 2 fully saturated rings. The lowest BCUT2D eigenvalue weighted by molar-refractivity contribution is -0.136. The molecule has 3 heterocycles. The quantitative estimate of drug-likeness (QED) is 0.703. The molecule has 0 spiro atoms. The van der Waals surface area contributed by atoms with Crippen LogP contribution < -0.4 is 15.5 Å². The van der Waals surface area contributed by atoms with Crippen LogP contribution in [0.2, 0.25) is 0 Å². The first-order valence-electron chi connectivity index (χ1n) is 9.74. The van der Waals surface area contributed by atoms with Crippen molar-refractivity contribution in [3.8, 4) is 0 Å². The highest BCUT2D eigenvalue weighted by molar-refractivity contribution is 6.23. The molecule has 0 radical (unpaired) electrons. The van der Waals surface area contributed by atoms with Gasteiger partial charge in [0.05, 0.1) is 11.1 Å². The van der Waals surface area contributed by atoms with Gasteiger partial charge in [-0.3, -0.25) is 29.4 Å². The number of piperidine rings is 2. The molecule has 4 rings (SSSR count). The molecule has 0 aromatic heterocycles. The Labute approximate surface area is 175 Å². The van der Waals surface area contributed by atoms with Crippen molar-refractivity contribution in [1.29, 1.82) is 0 Å². The lowest BCUT2D eigenvalue weighted by Crippen LogP contribution is -2.54. The van der Waals surface area contributed by atoms with E-state index >= 15 is 0 Å². The Kier molecular flexibility index (Phi) is 6.24. The van der Waals surface area contributed by atoms with Crippen molar-refractivity contribution in [2.45, 2.75) is 31.7 Å². The second kappa shape index (κ2) is 8.51. The normalized spacial score (nSPS) is 22.4. The summed E-state index contributed by atoms with van der Waals surface area (Å²) >= 11 is 0. The second-order valence-electron chi connectivity index (χ2n) is 7.67. The number of carbonyl (C=O) groups excluding carboxylic acids is 4. The van der Waals surface area contributed by atoms with Crippen LogP contribution in [0, 0.1) is 5.92 Å². The summed E-state index contributed by atoms with van der Waals surface area (Å²) in [6.45, 7) is 2.82. The smallest absolute Gasteiger partial charge is 0.262 e. The Bertz CT molecular complexity index is 851. The molecule has 3 aliphatic rings. The maximum atomic E-state index is 12.9. The number of imide groups is 2. The summed E-state index contributed by atoms with van der Waals surface area (Å²) in [7, 11) is 1.96. The van der Waals surface area contributed by atoms with Gasteiger partial charge in [-0.1, -0.05) is 0 Å². The fraction of sp³-hybridized carbons (Fsp3) is 0.500. The van der Waals surface area contributed by atoms with Crippen molar-refractivity contribution >= 4 is 41.7 Å². The summed E-state index contributed by atoms with van der Waals surface area (Å²) in [5.74, 6) is -1.23. The molecule has 0 saturated carbocycles. The van der Waals surface area contributed by atoms with E-state index in [1.54, 1.807) is 12.1 Å². The van der Waals surface area contributed by atoms with Crippen LogP contribution >= 0.6 is 12.4 Å². The molecule has 3 aliphatic heterocycles. The minimum absolute atomic E-state index is 0. The van der Waals surface area contributed by atoms with Crippen molar-refractivity contribution in [2.24, 2.45) is 5.92 Å². The second-order valence-corrected chi connectivity index (χ2v) is 7.67. The van der Waals surface area contributed by atoms with Crippen LogP contribution in [0.3, 0.4) is 0 Å². The number of nitrogens with one attached hydrogen (secondary N) is 2. The molecule has 0 aliphatic carbocycles. The van der Waals surface area contributed by atoms with E-state index in [1.807, 2.05) is 13.1 Å². The standard InChI is InChI=1S/C20H24N4O4.ClH/c1-21-11-12-6-8-23(9-7-12)13-2-3-14-15(10-13)20(28)24(19(14)27)16-4-5-17(25)22-18(16)26;/h2-3,10,12,16,21H,4-9,11H2,1H3,(H,22,25,26);1H. The summed E-state index contributed by atoms with van der Waals surface area (Å²) < 4.78 is 0. The molecule has 8 nitrogen and oxygen atoms in total. The van der Waals surface area contributed by atoms with E-state index in [4.69, 9.17) is 0 Å². The highest BCUT2D eigenvalue weighted by Crippen LogP contribution is 2.32. The van der Waals surface area contributed by atoms with Crippen molar-refractivity contribution in [1.82, 2.24) is 15.5 Å². The fourth-order valence-corrected chi connectivity index (χ4v) is 4.34. The van der Waals surface area contributed by atoms with Gasteiger partial charge >= 0.3 is 0 Å². The lowest BCUT2D eigenvalue weighted by Gasteiger charge is -2.33. The largest absolute Gasteiger partial charge is 0.371 e. The minimum atomic E-state index is -0.925. The molecule has 1 aromatic carbocycles. The number of nitrogens with zero attached hydrogens (tertiary/aromatic N) is 2. The first-order valence-corrected chi connectivity index (χ1v) is 9.74. The van der Waals surface area contributed by atoms with E-state index in [1.165, 1.54) is 0 Å². The maximum Gasteiger partial charge on any atom is 0.262 e. The van der Waals surface area contributed by atoms with E-state index in [9.17, 15) is 19.2 Å². The van der Waals surface area contributed by atoms with Crippen LogP contribution in [0.25, 0.3) is 0 Å². The number of fused-ring (bicyclic) bond motifs is 1. The third-order valence-corrected chi connectivity index (χ3v) is 5.90. The predicted molar refractivity (Wildman–Crippen MR) is 109 cm³/mol. The number of rotatable bonds is 4. The Morgan fingerprint density at radius 1 is 1.03 bits per heavy atom. The summed E-state index contributed by atoms with van der Waals surface area (Å²) in [4.78, 5) is 52.4. The third kappa shape index (κ3) is 3.86. The monoisotopic (exact) mass is 420 g/mol. The van der Waals surface area contributed by atoms with Crippen molar-refractivity contribution < 1.29 is 19.2 Å². The van der Waals surface area contributed by atoms with Gasteiger partial charge in [0.25, 0.3) is 11.8 Å². The molecular weight excluding hydrogens is 396 g/mol. The number of halogens is 1. The number of amides is 4. The van der Waals surface area contributed by atoms with Crippen LogP contribution in [-0.4, -0.2) is 61.3 Å². The van der Waals surface area contributed by atoms with E-state index < -0.39 is 23.8 Å². The number of anilines is 1. The molecule has 0 bridgehead atoms. The van der Waals surface area contributed by atoms with Gasteiger partial charge in [0.15, 0.2) is 0 Å². The summed E-state index contributed by atoms with van der Waals surface area (Å²) in [5.41, 5.74) is 1.58. The van der Waals surface area contributed by atoms with E-state index in [-0.39, 0.29) is 31.2 Å². The molecule has 9 heteroatoms. The van der Waals surface area contributed by atoms with Gasteiger partial charge in [0.2, 0.25) is 11.8 Å². The van der Waals surface area contributed by atoms with Gasteiger partial charge < -0.3 is 10.2 Å². The predicted octanol–water partition coefficient (Wildman–Crippen LogP) is 0.945. The zero-order valence-corrected chi connectivity index (χ0v) is 17.1. The molecule has 4 amide bonds. The molecule has 1 unspecified atom stereocenters. The van der Waals surface area contributed by atoms with Crippen molar-refractivity contribution in [3.63, 3.8) is 0 Å². The van der Waals surface area contributed by atoms with Crippen molar-refractivity contribution in [3.05, 3.63) is 29.3 Å². The zero-order valence-electron chi connectivity index (χ0n) is 16.3. The molecule has 2 saturated heterocycles. The number of carbonyl (C=O) groups is 4. The van der Waals surface area contributed by atoms with E-state index in [0.29, 0.717) is 17.0 Å². The molecule has 29 heavy (non-hydrogen) atoms. The van der Waals surface area contributed by atoms with Crippen molar-refractivity contribution in [2.75, 3.05) is 31.6 Å². The maximum absolute atomic E-state index is 12.9. The van der Waals surface area contributed by atoms with Gasteiger partial charge in [0.1, 0.15) is 6.04 Å². The summed E-state index contributed by atoms with van der Waals surface area (Å²) in [5, 5.41) is 5.43. The van der Waals surface area contributed by atoms with Gasteiger partial charge in [-0.05, 0) is 57.0 Å². The molecular formula is C20H25ClN4O4. The number of hydrogen-bond donors (Lipinski definition) is 2. The van der Waals surface area contributed by atoms with E-state index in [2.05, 4.69) is 15.5 Å². The first kappa shape index (κ1) is 21.3. The van der Waals surface area contributed by atoms with Gasteiger partial charge in [-0.2, -0.15) is 0 Å². The molecule has 1 aromatic rings. The lowest BCUT2D eigenvalue weighted by atomic mass is 9.96. The molecule has 1 atom stereocenters. The SMILES string of the molecule is CNCC1CCN(c2ccc3c(c2)C(=O)N(C2CCC(=O)NC2=O)C3=O)CC1.Cl. The van der Waals surface area contributed by atoms with E-state index in [0.717, 1.165) is 43.1 Å². The minimum Gasteiger partial charge on any atom is -0.371 e. The van der Waals surface area contributed by atoms with Crippen LogP contribution in [0.1, 0.15) is 46.4 Å². The molecule has 156 valence electrons.